The zero-order chi connectivity index (χ0) is 12.8. The van der Waals surface area contributed by atoms with Crippen LogP contribution >= 0.6 is 15.9 Å². The summed E-state index contributed by atoms with van der Waals surface area (Å²) in [7, 11) is 0. The number of hydrogen-bond donors (Lipinski definition) is 2. The van der Waals surface area contributed by atoms with E-state index < -0.39 is 5.97 Å². The molecule has 5 heteroatoms. The average Bonchev–Trinajstić information content (AvgIpc) is 2.26. The van der Waals surface area contributed by atoms with Crippen molar-refractivity contribution in [3.8, 4) is 0 Å². The van der Waals surface area contributed by atoms with E-state index in [0.29, 0.717) is 12.4 Å². The maximum Gasteiger partial charge on any atom is 0.335 e. The third-order valence-corrected chi connectivity index (χ3v) is 2.37. The first-order valence-electron chi connectivity index (χ1n) is 5.34. The third-order valence-electron chi connectivity index (χ3n) is 2.09. The van der Waals surface area contributed by atoms with Crippen LogP contribution < -0.4 is 5.32 Å². The van der Waals surface area contributed by atoms with Gasteiger partial charge in [-0.05, 0) is 18.6 Å². The molecular formula is C12H15BrN2O2. The van der Waals surface area contributed by atoms with Crippen molar-refractivity contribution < 1.29 is 9.90 Å². The summed E-state index contributed by atoms with van der Waals surface area (Å²) < 4.78 is 0.789. The zero-order valence-electron chi connectivity index (χ0n) is 9.66. The minimum absolute atomic E-state index is 0.256. The molecule has 0 saturated heterocycles. The van der Waals surface area contributed by atoms with Crippen molar-refractivity contribution in [2.75, 3.05) is 11.9 Å². The Bertz CT molecular complexity index is 433. The summed E-state index contributed by atoms with van der Waals surface area (Å²) >= 11 is 3.23. The summed E-state index contributed by atoms with van der Waals surface area (Å²) in [6.07, 6.45) is 1.70. The minimum Gasteiger partial charge on any atom is -0.478 e. The number of aryl methyl sites for hydroxylation is 1. The zero-order valence-corrected chi connectivity index (χ0v) is 11.2. The van der Waals surface area contributed by atoms with Crippen LogP contribution in [0.3, 0.4) is 0 Å². The summed E-state index contributed by atoms with van der Waals surface area (Å²) in [5, 5.41) is 12.0. The van der Waals surface area contributed by atoms with Gasteiger partial charge >= 0.3 is 5.97 Å². The highest BCUT2D eigenvalue weighted by Gasteiger charge is 2.08. The molecule has 1 aromatic rings. The molecule has 17 heavy (non-hydrogen) atoms. The van der Waals surface area contributed by atoms with Gasteiger partial charge in [-0.25, -0.2) is 9.78 Å². The normalized spacial score (nSPS) is 10.0. The Morgan fingerprint density at radius 2 is 2.29 bits per heavy atom. The fourth-order valence-electron chi connectivity index (χ4n) is 1.37. The Morgan fingerprint density at radius 3 is 2.82 bits per heavy atom. The van der Waals surface area contributed by atoms with Crippen LogP contribution in [0.1, 0.15) is 29.4 Å². The lowest BCUT2D eigenvalue weighted by Crippen LogP contribution is -2.07. The Morgan fingerprint density at radius 1 is 1.59 bits per heavy atom. The van der Waals surface area contributed by atoms with E-state index in [4.69, 9.17) is 5.11 Å². The van der Waals surface area contributed by atoms with Gasteiger partial charge in [-0.1, -0.05) is 35.9 Å². The van der Waals surface area contributed by atoms with Gasteiger partial charge in [-0.3, -0.25) is 0 Å². The first-order chi connectivity index (χ1) is 8.02. The first-order valence-corrected chi connectivity index (χ1v) is 6.13. The van der Waals surface area contributed by atoms with E-state index in [-0.39, 0.29) is 5.56 Å². The van der Waals surface area contributed by atoms with Gasteiger partial charge in [0.15, 0.2) is 0 Å². The lowest BCUT2D eigenvalue weighted by atomic mass is 10.1. The van der Waals surface area contributed by atoms with Crippen LogP contribution in [0.5, 0.6) is 0 Å². The van der Waals surface area contributed by atoms with Crippen molar-refractivity contribution in [3.05, 3.63) is 34.5 Å². The summed E-state index contributed by atoms with van der Waals surface area (Å²) in [6, 6.07) is 3.14. The van der Waals surface area contributed by atoms with E-state index in [1.165, 1.54) is 6.07 Å². The van der Waals surface area contributed by atoms with E-state index >= 15 is 0 Å². The van der Waals surface area contributed by atoms with Gasteiger partial charge in [-0.15, -0.1) is 0 Å². The highest BCUT2D eigenvalue weighted by molar-refractivity contribution is 9.11. The van der Waals surface area contributed by atoms with Crippen LogP contribution in [0.4, 0.5) is 5.82 Å². The molecule has 0 atom stereocenters. The number of carbonyl (C=O) groups is 1. The Hall–Kier alpha value is -1.36. The van der Waals surface area contributed by atoms with Crippen molar-refractivity contribution in [3.63, 3.8) is 0 Å². The van der Waals surface area contributed by atoms with Crippen LogP contribution in [0.2, 0.25) is 0 Å². The number of aromatic nitrogens is 1. The third kappa shape index (κ3) is 4.56. The standard InChI is InChI=1S/C12H15BrN2O2/c1-3-4-10-5-9(12(16)17)6-11(15-10)14-7-8(2)13/h5-6H,2-4,7H2,1H3,(H,14,15)(H,16,17). The highest BCUT2D eigenvalue weighted by atomic mass is 79.9. The molecule has 0 aliphatic carbocycles. The molecule has 0 fully saturated rings. The highest BCUT2D eigenvalue weighted by Crippen LogP contribution is 2.13. The van der Waals surface area contributed by atoms with Gasteiger partial charge < -0.3 is 10.4 Å². The van der Waals surface area contributed by atoms with E-state index in [2.05, 4.69) is 32.8 Å². The lowest BCUT2D eigenvalue weighted by Gasteiger charge is -2.08. The predicted octanol–water partition coefficient (Wildman–Crippen LogP) is 3.05. The van der Waals surface area contributed by atoms with Crippen molar-refractivity contribution >= 4 is 27.7 Å². The molecule has 92 valence electrons. The summed E-state index contributed by atoms with van der Waals surface area (Å²) in [5.41, 5.74) is 1.04. The molecular weight excluding hydrogens is 284 g/mol. The smallest absolute Gasteiger partial charge is 0.335 e. The van der Waals surface area contributed by atoms with E-state index in [1.54, 1.807) is 6.07 Å². The maximum atomic E-state index is 11.0. The Labute approximate surface area is 109 Å². The molecule has 0 aliphatic heterocycles. The SMILES string of the molecule is C=C(Br)CNc1cc(C(=O)O)cc(CCC)n1. The van der Waals surface area contributed by atoms with Gasteiger partial charge in [0, 0.05) is 16.7 Å². The molecule has 0 saturated carbocycles. The number of hydrogen-bond acceptors (Lipinski definition) is 3. The summed E-state index contributed by atoms with van der Waals surface area (Å²) in [4.78, 5) is 15.3. The number of nitrogens with one attached hydrogen (secondary N) is 1. The minimum atomic E-state index is -0.939. The van der Waals surface area contributed by atoms with Crippen molar-refractivity contribution in [1.82, 2.24) is 4.98 Å². The molecule has 0 bridgehead atoms. The van der Waals surface area contributed by atoms with Crippen molar-refractivity contribution in [1.29, 1.82) is 0 Å². The second kappa shape index (κ2) is 6.39. The molecule has 0 spiro atoms. The lowest BCUT2D eigenvalue weighted by molar-refractivity contribution is 0.0696. The topological polar surface area (TPSA) is 62.2 Å². The van der Waals surface area contributed by atoms with Gasteiger partial charge in [-0.2, -0.15) is 0 Å². The fourth-order valence-corrected chi connectivity index (χ4v) is 1.51. The molecule has 1 rings (SSSR count). The molecule has 0 aromatic carbocycles. The maximum absolute atomic E-state index is 11.0. The number of pyridine rings is 1. The van der Waals surface area contributed by atoms with E-state index in [0.717, 1.165) is 23.0 Å². The molecule has 0 radical (unpaired) electrons. The molecule has 0 amide bonds. The molecule has 1 aromatic heterocycles. The number of rotatable bonds is 6. The molecule has 2 N–H and O–H groups in total. The van der Waals surface area contributed by atoms with E-state index in [9.17, 15) is 4.79 Å². The van der Waals surface area contributed by atoms with Gasteiger partial charge in [0.05, 0.1) is 5.56 Å². The molecule has 0 unspecified atom stereocenters. The van der Waals surface area contributed by atoms with Crippen molar-refractivity contribution in [2.45, 2.75) is 19.8 Å². The molecule has 0 aliphatic rings. The van der Waals surface area contributed by atoms with Crippen LogP contribution in [-0.4, -0.2) is 22.6 Å². The largest absolute Gasteiger partial charge is 0.478 e. The quantitative estimate of drug-likeness (QED) is 0.847. The second-order valence-corrected chi connectivity index (χ2v) is 4.78. The van der Waals surface area contributed by atoms with Crippen LogP contribution in [-0.2, 0) is 6.42 Å². The first kappa shape index (κ1) is 13.7. The van der Waals surface area contributed by atoms with Gasteiger partial charge in [0.25, 0.3) is 0 Å². The predicted molar refractivity (Wildman–Crippen MR) is 71.7 cm³/mol. The monoisotopic (exact) mass is 298 g/mol. The number of halogens is 1. The fraction of sp³-hybridized carbons (Fsp3) is 0.333. The van der Waals surface area contributed by atoms with Crippen LogP contribution in [0, 0.1) is 0 Å². The number of anilines is 1. The summed E-state index contributed by atoms with van der Waals surface area (Å²) in [6.45, 7) is 6.24. The van der Waals surface area contributed by atoms with E-state index in [1.807, 2.05) is 6.92 Å². The Kier molecular flexibility index (Phi) is 5.15. The Balaban J connectivity index is 2.94. The summed E-state index contributed by atoms with van der Waals surface area (Å²) in [5.74, 6) is -0.376. The van der Waals surface area contributed by atoms with Gasteiger partial charge in [0.2, 0.25) is 0 Å². The van der Waals surface area contributed by atoms with Gasteiger partial charge in [0.1, 0.15) is 5.82 Å². The van der Waals surface area contributed by atoms with Crippen LogP contribution in [0.25, 0.3) is 0 Å². The number of nitrogens with zero attached hydrogens (tertiary/aromatic N) is 1. The molecule has 1 heterocycles. The second-order valence-electron chi connectivity index (χ2n) is 3.66. The number of aromatic carboxylic acids is 1. The van der Waals surface area contributed by atoms with Crippen molar-refractivity contribution in [2.24, 2.45) is 0 Å². The number of carboxylic acid groups (broad SMARTS) is 1. The molecule has 4 nitrogen and oxygen atoms in total. The average molecular weight is 299 g/mol. The van der Waals surface area contributed by atoms with Crippen LogP contribution in [0.15, 0.2) is 23.2 Å². The number of carboxylic acids is 1.